The van der Waals surface area contributed by atoms with Gasteiger partial charge in [-0.1, -0.05) is 25.1 Å². The number of rotatable bonds is 7. The number of nitrogens with zero attached hydrogens (tertiary/aromatic N) is 6. The molecule has 0 saturated carbocycles. The molecule has 0 amide bonds. The number of benzene rings is 1. The van der Waals surface area contributed by atoms with Gasteiger partial charge in [-0.05, 0) is 18.6 Å². The van der Waals surface area contributed by atoms with E-state index in [0.29, 0.717) is 17.1 Å². The van der Waals surface area contributed by atoms with Crippen molar-refractivity contribution in [3.05, 3.63) is 82.8 Å². The van der Waals surface area contributed by atoms with Crippen LogP contribution < -0.4 is 15.5 Å². The van der Waals surface area contributed by atoms with Crippen LogP contribution in [0.15, 0.2) is 66.2 Å². The Morgan fingerprint density at radius 2 is 1.94 bits per heavy atom. The average Bonchev–Trinajstić information content (AvgIpc) is 3.31. The second kappa shape index (κ2) is 8.95. The highest BCUT2D eigenvalue weighted by Crippen LogP contribution is 2.26. The van der Waals surface area contributed by atoms with Crippen molar-refractivity contribution >= 4 is 0 Å². The minimum absolute atomic E-state index is 0.102. The van der Waals surface area contributed by atoms with Crippen LogP contribution in [0.25, 0.3) is 17.1 Å². The first-order chi connectivity index (χ1) is 16.1. The average molecular weight is 444 g/mol. The summed E-state index contributed by atoms with van der Waals surface area (Å²) in [5.41, 5.74) is 3.25. The molecule has 0 aliphatic carbocycles. The van der Waals surface area contributed by atoms with Crippen LogP contribution in [-0.4, -0.2) is 48.7 Å². The molecule has 1 aliphatic heterocycles. The summed E-state index contributed by atoms with van der Waals surface area (Å²) >= 11 is 0. The Kier molecular flexibility index (Phi) is 5.70. The molecule has 168 valence electrons. The van der Waals surface area contributed by atoms with E-state index in [-0.39, 0.29) is 17.5 Å². The largest absolute Gasteiger partial charge is 0.485 e. The van der Waals surface area contributed by atoms with Crippen LogP contribution >= 0.6 is 0 Å². The van der Waals surface area contributed by atoms with E-state index in [0.717, 1.165) is 36.4 Å². The lowest BCUT2D eigenvalue weighted by Gasteiger charge is -2.27. The standard InChI is InChI=1S/C24H25N7O2/c1-3-30-14-19(8-28-30)31-15-22(23(32)13-29-31)16(2)17-5-4-6-18(7-17)24-26-11-21(12-27-24)33-20-9-25-10-20/h4-8,11-16,20,25H,3,9-10H2,1-2H3. The quantitative estimate of drug-likeness (QED) is 0.468. The van der Waals surface area contributed by atoms with Gasteiger partial charge in [-0.25, -0.2) is 14.6 Å². The zero-order valence-corrected chi connectivity index (χ0v) is 18.5. The minimum atomic E-state index is -0.137. The fourth-order valence-corrected chi connectivity index (χ4v) is 3.72. The lowest BCUT2D eigenvalue weighted by atomic mass is 9.93. The first kappa shape index (κ1) is 21.0. The summed E-state index contributed by atoms with van der Waals surface area (Å²) < 4.78 is 9.30. The molecule has 1 aliphatic rings. The predicted molar refractivity (Wildman–Crippen MR) is 124 cm³/mol. The third-order valence-electron chi connectivity index (χ3n) is 5.84. The molecule has 0 radical (unpaired) electrons. The summed E-state index contributed by atoms with van der Waals surface area (Å²) in [7, 11) is 0. The third-order valence-corrected chi connectivity index (χ3v) is 5.84. The number of ether oxygens (including phenoxy) is 1. The SMILES string of the molecule is CCn1cc(-n2cc(C(C)c3cccc(-c4ncc(OC5CNC5)cn4)c3)c(=O)cn2)cn1. The van der Waals surface area contributed by atoms with Crippen molar-refractivity contribution < 1.29 is 4.74 Å². The van der Waals surface area contributed by atoms with Crippen LogP contribution in [-0.2, 0) is 6.54 Å². The molecule has 1 unspecified atom stereocenters. The fourth-order valence-electron chi connectivity index (χ4n) is 3.72. The Morgan fingerprint density at radius 1 is 1.12 bits per heavy atom. The normalized spacial score (nSPS) is 14.6. The van der Waals surface area contributed by atoms with Gasteiger partial charge < -0.3 is 10.1 Å². The van der Waals surface area contributed by atoms with E-state index in [1.54, 1.807) is 29.5 Å². The van der Waals surface area contributed by atoms with Gasteiger partial charge in [-0.15, -0.1) is 0 Å². The number of aromatic nitrogens is 6. The molecule has 1 saturated heterocycles. The lowest BCUT2D eigenvalue weighted by Crippen LogP contribution is -2.50. The second-order valence-electron chi connectivity index (χ2n) is 8.08. The molecular formula is C24H25N7O2. The van der Waals surface area contributed by atoms with Gasteiger partial charge in [-0.2, -0.15) is 10.2 Å². The Labute approximate surface area is 191 Å². The molecule has 33 heavy (non-hydrogen) atoms. The van der Waals surface area contributed by atoms with Crippen molar-refractivity contribution in [3.8, 4) is 22.8 Å². The molecule has 9 nitrogen and oxygen atoms in total. The number of hydrogen-bond acceptors (Lipinski definition) is 7. The predicted octanol–water partition coefficient (Wildman–Crippen LogP) is 2.41. The first-order valence-corrected chi connectivity index (χ1v) is 11.0. The third kappa shape index (κ3) is 4.40. The van der Waals surface area contributed by atoms with Gasteiger partial charge in [0.2, 0.25) is 5.43 Å². The molecule has 9 heteroatoms. The van der Waals surface area contributed by atoms with Crippen LogP contribution in [0.2, 0.25) is 0 Å². The van der Waals surface area contributed by atoms with Crippen molar-refractivity contribution in [1.29, 1.82) is 0 Å². The Morgan fingerprint density at radius 3 is 2.64 bits per heavy atom. The molecule has 3 aromatic heterocycles. The van der Waals surface area contributed by atoms with Gasteiger partial charge in [0.05, 0.1) is 31.0 Å². The van der Waals surface area contributed by atoms with Crippen molar-refractivity contribution in [2.45, 2.75) is 32.4 Å². The summed E-state index contributed by atoms with van der Waals surface area (Å²) in [5, 5.41) is 11.7. The molecule has 0 bridgehead atoms. The van der Waals surface area contributed by atoms with E-state index in [2.05, 4.69) is 25.5 Å². The first-order valence-electron chi connectivity index (χ1n) is 11.0. The number of hydrogen-bond donors (Lipinski definition) is 1. The topological polar surface area (TPSA) is 99.8 Å². The van der Waals surface area contributed by atoms with Crippen molar-refractivity contribution in [3.63, 3.8) is 0 Å². The summed E-state index contributed by atoms with van der Waals surface area (Å²) in [5.74, 6) is 1.14. The van der Waals surface area contributed by atoms with Crippen LogP contribution in [0.4, 0.5) is 0 Å². The van der Waals surface area contributed by atoms with E-state index in [9.17, 15) is 4.79 Å². The van der Waals surface area contributed by atoms with E-state index in [1.807, 2.05) is 49.0 Å². The van der Waals surface area contributed by atoms with Gasteiger partial charge in [-0.3, -0.25) is 9.48 Å². The van der Waals surface area contributed by atoms with Gasteiger partial charge in [0.15, 0.2) is 11.6 Å². The van der Waals surface area contributed by atoms with Crippen LogP contribution in [0.1, 0.15) is 30.9 Å². The van der Waals surface area contributed by atoms with Crippen LogP contribution in [0.5, 0.6) is 5.75 Å². The van der Waals surface area contributed by atoms with E-state index in [1.165, 1.54) is 6.20 Å². The monoisotopic (exact) mass is 443 g/mol. The van der Waals surface area contributed by atoms with Crippen LogP contribution in [0.3, 0.4) is 0 Å². The van der Waals surface area contributed by atoms with Gasteiger partial charge >= 0.3 is 0 Å². The van der Waals surface area contributed by atoms with E-state index < -0.39 is 0 Å². The second-order valence-corrected chi connectivity index (χ2v) is 8.08. The molecule has 5 rings (SSSR count). The maximum atomic E-state index is 12.6. The summed E-state index contributed by atoms with van der Waals surface area (Å²) in [4.78, 5) is 21.6. The number of nitrogens with one attached hydrogen (secondary N) is 1. The summed E-state index contributed by atoms with van der Waals surface area (Å²) in [6, 6.07) is 7.95. The number of aryl methyl sites for hydroxylation is 1. The maximum absolute atomic E-state index is 12.6. The zero-order chi connectivity index (χ0) is 22.8. The minimum Gasteiger partial charge on any atom is -0.485 e. The Balaban J connectivity index is 1.40. The zero-order valence-electron chi connectivity index (χ0n) is 18.5. The molecule has 4 aromatic rings. The molecular weight excluding hydrogens is 418 g/mol. The summed E-state index contributed by atoms with van der Waals surface area (Å²) in [6.07, 6.45) is 10.4. The molecule has 1 fully saturated rings. The van der Waals surface area contributed by atoms with Crippen molar-refractivity contribution in [2.24, 2.45) is 0 Å². The summed E-state index contributed by atoms with van der Waals surface area (Å²) in [6.45, 7) is 6.49. The molecule has 0 spiro atoms. The fraction of sp³-hybridized carbons (Fsp3) is 0.292. The molecule has 1 aromatic carbocycles. The highest BCUT2D eigenvalue weighted by atomic mass is 16.5. The lowest BCUT2D eigenvalue weighted by molar-refractivity contribution is 0.141. The van der Waals surface area contributed by atoms with Gasteiger partial charge in [0, 0.05) is 42.9 Å². The van der Waals surface area contributed by atoms with E-state index >= 15 is 0 Å². The Hall–Kier alpha value is -3.85. The highest BCUT2D eigenvalue weighted by molar-refractivity contribution is 5.57. The molecule has 4 heterocycles. The smallest absolute Gasteiger partial charge is 0.203 e. The van der Waals surface area contributed by atoms with Crippen molar-refractivity contribution in [1.82, 2.24) is 34.8 Å². The maximum Gasteiger partial charge on any atom is 0.203 e. The van der Waals surface area contributed by atoms with Gasteiger partial charge in [0.25, 0.3) is 0 Å². The van der Waals surface area contributed by atoms with E-state index in [4.69, 9.17) is 4.74 Å². The molecule has 1 atom stereocenters. The van der Waals surface area contributed by atoms with Crippen LogP contribution in [0, 0.1) is 0 Å². The highest BCUT2D eigenvalue weighted by Gasteiger charge is 2.19. The molecule has 1 N–H and O–H groups in total. The Bertz CT molecular complexity index is 1310. The van der Waals surface area contributed by atoms with Crippen molar-refractivity contribution in [2.75, 3.05) is 13.1 Å². The van der Waals surface area contributed by atoms with Gasteiger partial charge in [0.1, 0.15) is 11.8 Å².